The summed E-state index contributed by atoms with van der Waals surface area (Å²) in [5.41, 5.74) is 2.69. The SMILES string of the molecule is CNC(=O)c1cccc(NC(=O)N(C)Cc2ccccn2)c1C. The minimum Gasteiger partial charge on any atom is -0.355 e. The maximum absolute atomic E-state index is 12.3. The molecule has 120 valence electrons. The number of hydrogen-bond donors (Lipinski definition) is 2. The van der Waals surface area contributed by atoms with Crippen LogP contribution in [0.5, 0.6) is 0 Å². The third kappa shape index (κ3) is 4.06. The van der Waals surface area contributed by atoms with Crippen LogP contribution in [0.3, 0.4) is 0 Å². The Hall–Kier alpha value is -2.89. The van der Waals surface area contributed by atoms with Gasteiger partial charge in [0.25, 0.3) is 5.91 Å². The largest absolute Gasteiger partial charge is 0.355 e. The van der Waals surface area contributed by atoms with Gasteiger partial charge in [-0.3, -0.25) is 9.78 Å². The summed E-state index contributed by atoms with van der Waals surface area (Å²) in [7, 11) is 3.27. The van der Waals surface area contributed by atoms with Crippen LogP contribution in [0.25, 0.3) is 0 Å². The van der Waals surface area contributed by atoms with Crippen LogP contribution in [0, 0.1) is 6.92 Å². The Morgan fingerprint density at radius 2 is 1.96 bits per heavy atom. The van der Waals surface area contributed by atoms with Crippen molar-refractivity contribution in [3.63, 3.8) is 0 Å². The Bertz CT molecular complexity index is 701. The Morgan fingerprint density at radius 1 is 1.17 bits per heavy atom. The van der Waals surface area contributed by atoms with Gasteiger partial charge in [0.2, 0.25) is 0 Å². The normalized spacial score (nSPS) is 10.0. The maximum Gasteiger partial charge on any atom is 0.321 e. The van der Waals surface area contributed by atoms with Gasteiger partial charge >= 0.3 is 6.03 Å². The molecule has 0 radical (unpaired) electrons. The summed E-state index contributed by atoms with van der Waals surface area (Å²) < 4.78 is 0. The van der Waals surface area contributed by atoms with E-state index in [2.05, 4.69) is 15.6 Å². The van der Waals surface area contributed by atoms with E-state index in [1.165, 1.54) is 4.90 Å². The van der Waals surface area contributed by atoms with Crippen LogP contribution in [0.2, 0.25) is 0 Å². The van der Waals surface area contributed by atoms with Crippen molar-refractivity contribution in [2.24, 2.45) is 0 Å². The van der Waals surface area contributed by atoms with Crippen molar-refractivity contribution in [3.05, 3.63) is 59.4 Å². The number of carbonyl (C=O) groups excluding carboxylic acids is 2. The molecule has 2 aromatic rings. The lowest BCUT2D eigenvalue weighted by atomic mass is 10.1. The topological polar surface area (TPSA) is 74.3 Å². The van der Waals surface area contributed by atoms with E-state index in [1.807, 2.05) is 18.2 Å². The smallest absolute Gasteiger partial charge is 0.321 e. The van der Waals surface area contributed by atoms with Gasteiger partial charge in [0, 0.05) is 31.5 Å². The highest BCUT2D eigenvalue weighted by atomic mass is 16.2. The minimum atomic E-state index is -0.257. The van der Waals surface area contributed by atoms with Gasteiger partial charge in [-0.1, -0.05) is 12.1 Å². The lowest BCUT2D eigenvalue weighted by Gasteiger charge is -2.19. The molecule has 0 aliphatic heterocycles. The number of benzene rings is 1. The molecule has 0 spiro atoms. The van der Waals surface area contributed by atoms with Crippen molar-refractivity contribution < 1.29 is 9.59 Å². The molecule has 0 unspecified atom stereocenters. The quantitative estimate of drug-likeness (QED) is 0.910. The lowest BCUT2D eigenvalue weighted by Crippen LogP contribution is -2.31. The van der Waals surface area contributed by atoms with Crippen molar-refractivity contribution in [2.75, 3.05) is 19.4 Å². The van der Waals surface area contributed by atoms with E-state index in [-0.39, 0.29) is 11.9 Å². The second-order valence-corrected chi connectivity index (χ2v) is 5.16. The number of aromatic nitrogens is 1. The number of nitrogens with zero attached hydrogens (tertiary/aromatic N) is 2. The van der Waals surface area contributed by atoms with E-state index < -0.39 is 0 Å². The van der Waals surface area contributed by atoms with Crippen LogP contribution in [0.15, 0.2) is 42.6 Å². The van der Waals surface area contributed by atoms with Crippen molar-refractivity contribution >= 4 is 17.6 Å². The molecule has 0 fully saturated rings. The highest BCUT2D eigenvalue weighted by Crippen LogP contribution is 2.19. The fourth-order valence-electron chi connectivity index (χ4n) is 2.17. The van der Waals surface area contributed by atoms with Crippen LogP contribution in [0.1, 0.15) is 21.6 Å². The Kier molecular flexibility index (Phi) is 5.30. The van der Waals surface area contributed by atoms with Gasteiger partial charge < -0.3 is 15.5 Å². The molecular weight excluding hydrogens is 292 g/mol. The second-order valence-electron chi connectivity index (χ2n) is 5.16. The molecule has 2 rings (SSSR count). The predicted molar refractivity (Wildman–Crippen MR) is 89.3 cm³/mol. The first kappa shape index (κ1) is 16.5. The third-order valence-electron chi connectivity index (χ3n) is 3.52. The Labute approximate surface area is 135 Å². The highest BCUT2D eigenvalue weighted by molar-refractivity contribution is 5.98. The number of anilines is 1. The van der Waals surface area contributed by atoms with Gasteiger partial charge in [-0.15, -0.1) is 0 Å². The summed E-state index contributed by atoms with van der Waals surface area (Å²) in [6.45, 7) is 2.21. The van der Waals surface area contributed by atoms with Gasteiger partial charge in [0.1, 0.15) is 0 Å². The molecule has 3 amide bonds. The summed E-state index contributed by atoms with van der Waals surface area (Å²) in [6.07, 6.45) is 1.69. The van der Waals surface area contributed by atoms with Gasteiger partial charge in [-0.25, -0.2) is 4.79 Å². The van der Waals surface area contributed by atoms with Crippen LogP contribution < -0.4 is 10.6 Å². The predicted octanol–water partition coefficient (Wildman–Crippen LogP) is 2.41. The highest BCUT2D eigenvalue weighted by Gasteiger charge is 2.14. The van der Waals surface area contributed by atoms with Crippen molar-refractivity contribution in [3.8, 4) is 0 Å². The maximum atomic E-state index is 12.3. The number of rotatable bonds is 4. The van der Waals surface area contributed by atoms with Crippen LogP contribution in [-0.2, 0) is 6.54 Å². The summed E-state index contributed by atoms with van der Waals surface area (Å²) in [5, 5.41) is 5.42. The zero-order chi connectivity index (χ0) is 16.8. The molecule has 23 heavy (non-hydrogen) atoms. The Balaban J connectivity index is 2.09. The summed E-state index contributed by atoms with van der Waals surface area (Å²) in [6, 6.07) is 10.6. The number of urea groups is 1. The van der Waals surface area contributed by atoms with E-state index in [9.17, 15) is 9.59 Å². The van der Waals surface area contributed by atoms with Gasteiger partial charge in [0.15, 0.2) is 0 Å². The zero-order valence-electron chi connectivity index (χ0n) is 13.5. The summed E-state index contributed by atoms with van der Waals surface area (Å²) >= 11 is 0. The molecule has 0 aliphatic carbocycles. The molecular formula is C17H20N4O2. The molecule has 6 heteroatoms. The second kappa shape index (κ2) is 7.40. The van der Waals surface area contributed by atoms with E-state index >= 15 is 0 Å². The number of amides is 3. The number of hydrogen-bond acceptors (Lipinski definition) is 3. The molecule has 1 heterocycles. The zero-order valence-corrected chi connectivity index (χ0v) is 13.5. The standard InChI is InChI=1S/C17H20N4O2/c1-12-14(16(22)18-2)8-6-9-15(12)20-17(23)21(3)11-13-7-4-5-10-19-13/h4-10H,11H2,1-3H3,(H,18,22)(H,20,23). The van der Waals surface area contributed by atoms with E-state index in [4.69, 9.17) is 0 Å². The van der Waals surface area contributed by atoms with Crippen LogP contribution in [-0.4, -0.2) is 35.9 Å². The first-order valence-corrected chi connectivity index (χ1v) is 7.26. The van der Waals surface area contributed by atoms with Crippen molar-refractivity contribution in [1.82, 2.24) is 15.2 Å². The molecule has 6 nitrogen and oxygen atoms in total. The van der Waals surface area contributed by atoms with Crippen LogP contribution in [0.4, 0.5) is 10.5 Å². The monoisotopic (exact) mass is 312 g/mol. The molecule has 0 aliphatic rings. The number of carbonyl (C=O) groups is 2. The van der Waals surface area contributed by atoms with Crippen molar-refractivity contribution in [1.29, 1.82) is 0 Å². The molecule has 2 N–H and O–H groups in total. The fraction of sp³-hybridized carbons (Fsp3) is 0.235. The van der Waals surface area contributed by atoms with Gasteiger partial charge in [0.05, 0.1) is 12.2 Å². The average Bonchev–Trinajstić information content (AvgIpc) is 2.57. The number of nitrogens with one attached hydrogen (secondary N) is 2. The first-order chi connectivity index (χ1) is 11.0. The average molecular weight is 312 g/mol. The molecule has 1 aromatic heterocycles. The van der Waals surface area contributed by atoms with Gasteiger partial charge in [-0.2, -0.15) is 0 Å². The number of pyridine rings is 1. The lowest BCUT2D eigenvalue weighted by molar-refractivity contribution is 0.0962. The molecule has 0 bridgehead atoms. The Morgan fingerprint density at radius 3 is 2.61 bits per heavy atom. The first-order valence-electron chi connectivity index (χ1n) is 7.26. The van der Waals surface area contributed by atoms with E-state index in [1.54, 1.807) is 45.4 Å². The molecule has 0 saturated heterocycles. The fourth-order valence-corrected chi connectivity index (χ4v) is 2.17. The summed E-state index contributed by atoms with van der Waals surface area (Å²) in [5.74, 6) is -0.180. The van der Waals surface area contributed by atoms with Crippen molar-refractivity contribution in [2.45, 2.75) is 13.5 Å². The summed E-state index contributed by atoms with van der Waals surface area (Å²) in [4.78, 5) is 29.8. The van der Waals surface area contributed by atoms with Crippen LogP contribution >= 0.6 is 0 Å². The molecule has 0 atom stereocenters. The van der Waals surface area contributed by atoms with E-state index in [0.29, 0.717) is 17.8 Å². The molecule has 0 saturated carbocycles. The molecule has 1 aromatic carbocycles. The minimum absolute atomic E-state index is 0.180. The third-order valence-corrected chi connectivity index (χ3v) is 3.52. The van der Waals surface area contributed by atoms with Gasteiger partial charge in [-0.05, 0) is 36.8 Å². The van der Waals surface area contributed by atoms with E-state index in [0.717, 1.165) is 11.3 Å².